The predicted octanol–water partition coefficient (Wildman–Crippen LogP) is 5.22. The summed E-state index contributed by atoms with van der Waals surface area (Å²) in [5.41, 5.74) is -0.207. The van der Waals surface area contributed by atoms with E-state index >= 15 is 0 Å². The fourth-order valence-corrected chi connectivity index (χ4v) is 2.64. The van der Waals surface area contributed by atoms with Crippen LogP contribution >= 0.6 is 43.5 Å². The largest absolute Gasteiger partial charge is 0.383 e. The van der Waals surface area contributed by atoms with Gasteiger partial charge in [0.05, 0.1) is 15.1 Å². The summed E-state index contributed by atoms with van der Waals surface area (Å²) in [6.07, 6.45) is -1.48. The van der Waals surface area contributed by atoms with Crippen LogP contribution in [0.5, 0.6) is 0 Å². The zero-order chi connectivity index (χ0) is 14.2. The monoisotopic (exact) mass is 410 g/mol. The molecule has 6 heteroatoms. The van der Waals surface area contributed by atoms with Crippen LogP contribution in [-0.4, -0.2) is 5.11 Å². The molecular weight excluding hydrogens is 405 g/mol. The van der Waals surface area contributed by atoms with Gasteiger partial charge in [0.1, 0.15) is 17.7 Å². The van der Waals surface area contributed by atoms with Gasteiger partial charge < -0.3 is 5.11 Å². The second-order valence-corrected chi connectivity index (χ2v) is 5.89. The average Bonchev–Trinajstić information content (AvgIpc) is 2.37. The van der Waals surface area contributed by atoms with Crippen molar-refractivity contribution in [2.75, 3.05) is 0 Å². The van der Waals surface area contributed by atoms with Crippen LogP contribution < -0.4 is 0 Å². The molecule has 1 nitrogen and oxygen atoms in total. The maximum Gasteiger partial charge on any atom is 0.146 e. The van der Waals surface area contributed by atoms with Crippen LogP contribution in [0.4, 0.5) is 8.78 Å². The summed E-state index contributed by atoms with van der Waals surface area (Å²) < 4.78 is 28.3. The van der Waals surface area contributed by atoms with E-state index in [2.05, 4.69) is 31.9 Å². The second-order valence-electron chi connectivity index (χ2n) is 3.80. The normalized spacial score (nSPS) is 12.5. The highest BCUT2D eigenvalue weighted by atomic mass is 79.9. The van der Waals surface area contributed by atoms with Crippen LogP contribution in [0.25, 0.3) is 0 Å². The Morgan fingerprint density at radius 2 is 1.74 bits per heavy atom. The molecule has 0 heterocycles. The van der Waals surface area contributed by atoms with E-state index in [1.165, 1.54) is 12.1 Å². The lowest BCUT2D eigenvalue weighted by Gasteiger charge is -2.16. The highest BCUT2D eigenvalue weighted by Gasteiger charge is 2.23. The first-order chi connectivity index (χ1) is 8.93. The molecule has 1 atom stereocenters. The zero-order valence-electron chi connectivity index (χ0n) is 9.30. The molecule has 0 amide bonds. The van der Waals surface area contributed by atoms with Gasteiger partial charge in [-0.2, -0.15) is 0 Å². The molecule has 2 aromatic carbocycles. The van der Waals surface area contributed by atoms with Crippen LogP contribution in [0.2, 0.25) is 5.02 Å². The van der Waals surface area contributed by atoms with Gasteiger partial charge in [-0.15, -0.1) is 0 Å². The molecule has 2 rings (SSSR count). The topological polar surface area (TPSA) is 20.2 Å². The van der Waals surface area contributed by atoms with Gasteiger partial charge in [-0.1, -0.05) is 23.7 Å². The van der Waals surface area contributed by atoms with E-state index in [1.807, 2.05) is 0 Å². The minimum Gasteiger partial charge on any atom is -0.383 e. The van der Waals surface area contributed by atoms with Crippen molar-refractivity contribution in [2.24, 2.45) is 0 Å². The van der Waals surface area contributed by atoms with Crippen LogP contribution in [0.1, 0.15) is 17.2 Å². The van der Waals surface area contributed by atoms with Gasteiger partial charge in [-0.05, 0) is 50.1 Å². The van der Waals surface area contributed by atoms with E-state index in [1.54, 1.807) is 12.1 Å². The Labute approximate surface area is 130 Å². The smallest absolute Gasteiger partial charge is 0.146 e. The van der Waals surface area contributed by atoms with Crippen molar-refractivity contribution < 1.29 is 13.9 Å². The van der Waals surface area contributed by atoms with Gasteiger partial charge in [0.25, 0.3) is 0 Å². The lowest BCUT2D eigenvalue weighted by Crippen LogP contribution is -2.07. The standard InChI is InChI=1S/C13H7Br2ClF2O/c14-7-3-1-2-6(11(7)16)13(19)10-9(17)5-4-8(15)12(10)18/h1-5,13,19H. The third-order valence-electron chi connectivity index (χ3n) is 2.63. The number of halogens is 5. The maximum atomic E-state index is 13.9. The van der Waals surface area contributed by atoms with Crippen LogP contribution in [0.3, 0.4) is 0 Å². The third-order valence-corrected chi connectivity index (χ3v) is 4.55. The molecule has 0 bridgehead atoms. The minimum absolute atomic E-state index is 0.0778. The van der Waals surface area contributed by atoms with Gasteiger partial charge >= 0.3 is 0 Å². The first-order valence-corrected chi connectivity index (χ1v) is 7.15. The first kappa shape index (κ1) is 14.9. The Kier molecular flexibility index (Phi) is 4.61. The third kappa shape index (κ3) is 2.84. The van der Waals surface area contributed by atoms with E-state index in [0.717, 1.165) is 6.07 Å². The Balaban J connectivity index is 2.59. The highest BCUT2D eigenvalue weighted by molar-refractivity contribution is 9.10. The van der Waals surface area contributed by atoms with E-state index in [-0.39, 0.29) is 15.1 Å². The second kappa shape index (κ2) is 5.87. The molecule has 0 aromatic heterocycles. The molecular formula is C13H7Br2ClF2O. The number of benzene rings is 2. The minimum atomic E-state index is -1.48. The summed E-state index contributed by atoms with van der Waals surface area (Å²) in [4.78, 5) is 0. The molecule has 0 aliphatic carbocycles. The summed E-state index contributed by atoms with van der Waals surface area (Å²) in [5.74, 6) is -1.67. The first-order valence-electron chi connectivity index (χ1n) is 5.19. The molecule has 0 spiro atoms. The van der Waals surface area contributed by atoms with Gasteiger partial charge in [0.2, 0.25) is 0 Å². The van der Waals surface area contributed by atoms with Crippen molar-refractivity contribution in [3.8, 4) is 0 Å². The van der Waals surface area contributed by atoms with Gasteiger partial charge in [-0.25, -0.2) is 8.78 Å². The van der Waals surface area contributed by atoms with Crippen molar-refractivity contribution >= 4 is 43.5 Å². The SMILES string of the molecule is OC(c1cccc(Br)c1Cl)c1c(F)ccc(Br)c1F. The fourth-order valence-electron chi connectivity index (χ4n) is 1.68. The van der Waals surface area contributed by atoms with Crippen LogP contribution in [-0.2, 0) is 0 Å². The summed E-state index contributed by atoms with van der Waals surface area (Å²) in [7, 11) is 0. The number of rotatable bonds is 2. The van der Waals surface area contributed by atoms with E-state index < -0.39 is 23.3 Å². The van der Waals surface area contributed by atoms with Crippen molar-refractivity contribution in [3.05, 3.63) is 67.1 Å². The molecule has 0 saturated carbocycles. The average molecular weight is 412 g/mol. The molecule has 1 N–H and O–H groups in total. The molecule has 100 valence electrons. The summed E-state index contributed by atoms with van der Waals surface area (Å²) in [6.45, 7) is 0. The Morgan fingerprint density at radius 1 is 1.05 bits per heavy atom. The van der Waals surface area contributed by atoms with E-state index in [0.29, 0.717) is 4.47 Å². The number of hydrogen-bond donors (Lipinski definition) is 1. The molecule has 1 unspecified atom stereocenters. The van der Waals surface area contributed by atoms with Gasteiger partial charge in [0, 0.05) is 10.0 Å². The summed E-state index contributed by atoms with van der Waals surface area (Å²) in [6, 6.07) is 7.13. The Hall–Kier alpha value is -0.490. The lowest BCUT2D eigenvalue weighted by atomic mass is 10.0. The number of aliphatic hydroxyl groups excluding tert-OH is 1. The zero-order valence-corrected chi connectivity index (χ0v) is 13.2. The molecule has 2 aromatic rings. The van der Waals surface area contributed by atoms with Crippen molar-refractivity contribution in [2.45, 2.75) is 6.10 Å². The molecule has 0 radical (unpaired) electrons. The van der Waals surface area contributed by atoms with Gasteiger partial charge in [0.15, 0.2) is 0 Å². The Morgan fingerprint density at radius 3 is 2.42 bits per heavy atom. The molecule has 0 aliphatic heterocycles. The molecule has 0 saturated heterocycles. The molecule has 19 heavy (non-hydrogen) atoms. The van der Waals surface area contributed by atoms with E-state index in [4.69, 9.17) is 11.6 Å². The van der Waals surface area contributed by atoms with Gasteiger partial charge in [-0.3, -0.25) is 0 Å². The lowest BCUT2D eigenvalue weighted by molar-refractivity contribution is 0.209. The van der Waals surface area contributed by atoms with Crippen molar-refractivity contribution in [1.29, 1.82) is 0 Å². The molecule has 0 aliphatic rings. The maximum absolute atomic E-state index is 13.9. The number of aliphatic hydroxyl groups is 1. The molecule has 0 fully saturated rings. The van der Waals surface area contributed by atoms with E-state index in [9.17, 15) is 13.9 Å². The van der Waals surface area contributed by atoms with Crippen LogP contribution in [0, 0.1) is 11.6 Å². The Bertz CT molecular complexity index is 634. The predicted molar refractivity (Wildman–Crippen MR) is 77.3 cm³/mol. The van der Waals surface area contributed by atoms with Crippen molar-refractivity contribution in [3.63, 3.8) is 0 Å². The van der Waals surface area contributed by atoms with Crippen LogP contribution in [0.15, 0.2) is 39.3 Å². The fraction of sp³-hybridized carbons (Fsp3) is 0.0769. The highest BCUT2D eigenvalue weighted by Crippen LogP contribution is 2.36. The summed E-state index contributed by atoms with van der Waals surface area (Å²) in [5, 5.41) is 10.4. The number of hydrogen-bond acceptors (Lipinski definition) is 1. The van der Waals surface area contributed by atoms with Crippen molar-refractivity contribution in [1.82, 2.24) is 0 Å². The quantitative estimate of drug-likeness (QED) is 0.670. The summed E-state index contributed by atoms with van der Waals surface area (Å²) >= 11 is 12.2.